The molecule has 1 aromatic rings. The Morgan fingerprint density at radius 3 is 2.71 bits per heavy atom. The van der Waals surface area contributed by atoms with Gasteiger partial charge in [0.1, 0.15) is 5.69 Å². The lowest BCUT2D eigenvalue weighted by Gasteiger charge is -2.32. The van der Waals surface area contributed by atoms with E-state index in [2.05, 4.69) is 10.6 Å². The quantitative estimate of drug-likeness (QED) is 0.518. The summed E-state index contributed by atoms with van der Waals surface area (Å²) in [5.74, 6) is 0.328. The molecule has 1 fully saturated rings. The maximum absolute atomic E-state index is 12.7. The van der Waals surface area contributed by atoms with Gasteiger partial charge in [0.25, 0.3) is 5.69 Å². The summed E-state index contributed by atoms with van der Waals surface area (Å²) >= 11 is 0. The van der Waals surface area contributed by atoms with Crippen LogP contribution < -0.4 is 10.6 Å². The third kappa shape index (κ3) is 6.52. The predicted octanol–water partition coefficient (Wildman–Crippen LogP) is 3.30. The van der Waals surface area contributed by atoms with Crippen LogP contribution in [-0.4, -0.2) is 49.0 Å². The van der Waals surface area contributed by atoms with Gasteiger partial charge in [-0.15, -0.1) is 12.4 Å². The van der Waals surface area contributed by atoms with Crippen LogP contribution in [0, 0.1) is 16.0 Å². The van der Waals surface area contributed by atoms with Crippen molar-refractivity contribution in [2.45, 2.75) is 25.4 Å². The smallest absolute Gasteiger partial charge is 0.379 e. The number of piperidine rings is 1. The molecule has 11 heteroatoms. The highest BCUT2D eigenvalue weighted by molar-refractivity contribution is 5.85. The van der Waals surface area contributed by atoms with Crippen LogP contribution in [0.15, 0.2) is 18.2 Å². The Hall–Kier alpha value is -2.07. The number of nitro benzene ring substituents is 1. The Bertz CT molecular complexity index is 686. The van der Waals surface area contributed by atoms with Gasteiger partial charge in [0.15, 0.2) is 0 Å². The van der Waals surface area contributed by atoms with Crippen molar-refractivity contribution in [2.75, 3.05) is 38.5 Å². The molecule has 2 rings (SSSR count). The van der Waals surface area contributed by atoms with Crippen molar-refractivity contribution < 1.29 is 22.9 Å². The fourth-order valence-corrected chi connectivity index (χ4v) is 3.22. The highest BCUT2D eigenvalue weighted by Crippen LogP contribution is 2.34. The largest absolute Gasteiger partial charge is 0.416 e. The molecular weight excluding hydrogens is 401 g/mol. The summed E-state index contributed by atoms with van der Waals surface area (Å²) in [6.45, 7) is 2.29. The van der Waals surface area contributed by atoms with Crippen molar-refractivity contribution >= 4 is 29.7 Å². The molecule has 0 aromatic heterocycles. The van der Waals surface area contributed by atoms with E-state index in [9.17, 15) is 28.1 Å². The number of benzene rings is 1. The number of likely N-dealkylation sites (tertiary alicyclic amines) is 1. The molecule has 0 saturated carbocycles. The van der Waals surface area contributed by atoms with Gasteiger partial charge in [-0.25, -0.2) is 0 Å². The number of rotatable bonds is 7. The molecule has 1 amide bonds. The van der Waals surface area contributed by atoms with Gasteiger partial charge in [-0.3, -0.25) is 14.9 Å². The van der Waals surface area contributed by atoms with Crippen molar-refractivity contribution in [3.05, 3.63) is 33.9 Å². The molecule has 2 N–H and O–H groups in total. The number of carbonyl (C=O) groups is 1. The average molecular weight is 425 g/mol. The predicted molar refractivity (Wildman–Crippen MR) is 102 cm³/mol. The average Bonchev–Trinajstić information content (AvgIpc) is 2.61. The van der Waals surface area contributed by atoms with E-state index in [4.69, 9.17) is 0 Å². The lowest BCUT2D eigenvalue weighted by Crippen LogP contribution is -2.42. The molecule has 0 aliphatic carbocycles. The summed E-state index contributed by atoms with van der Waals surface area (Å²) in [5.41, 5.74) is -1.78. The molecule has 0 radical (unpaired) electrons. The number of amides is 1. The molecule has 7 nitrogen and oxygen atoms in total. The molecule has 1 aromatic carbocycles. The molecule has 1 unspecified atom stereocenters. The standard InChI is InChI=1S/C17H23F3N4O3.ClH/c1-21-10-12-3-2-8-23(11-12)16(25)6-7-22-14-5-4-13(17(18,19)20)9-15(14)24(26)27;/h4-5,9,12,21-22H,2-3,6-8,10-11H2,1H3;1H. The first-order valence-electron chi connectivity index (χ1n) is 8.74. The van der Waals surface area contributed by atoms with Gasteiger partial charge in [-0.1, -0.05) is 0 Å². The Labute approximate surface area is 167 Å². The molecule has 1 atom stereocenters. The van der Waals surface area contributed by atoms with Crippen LogP contribution >= 0.6 is 12.4 Å². The summed E-state index contributed by atoms with van der Waals surface area (Å²) < 4.78 is 38.1. The van der Waals surface area contributed by atoms with Gasteiger partial charge >= 0.3 is 6.18 Å². The van der Waals surface area contributed by atoms with E-state index < -0.39 is 22.4 Å². The second-order valence-electron chi connectivity index (χ2n) is 6.57. The summed E-state index contributed by atoms with van der Waals surface area (Å²) in [6.07, 6.45) is -2.56. The van der Waals surface area contributed by atoms with Gasteiger partial charge < -0.3 is 15.5 Å². The Balaban J connectivity index is 0.00000392. The topological polar surface area (TPSA) is 87.5 Å². The SMILES string of the molecule is CNCC1CCCN(C(=O)CCNc2ccc(C(F)(F)F)cc2[N+](=O)[O-])C1.Cl. The van der Waals surface area contributed by atoms with E-state index in [1.807, 2.05) is 7.05 Å². The van der Waals surface area contributed by atoms with Crippen LogP contribution in [0.4, 0.5) is 24.5 Å². The fourth-order valence-electron chi connectivity index (χ4n) is 3.22. The first-order chi connectivity index (χ1) is 12.7. The van der Waals surface area contributed by atoms with Crippen molar-refractivity contribution in [3.63, 3.8) is 0 Å². The molecule has 158 valence electrons. The first-order valence-corrected chi connectivity index (χ1v) is 8.74. The van der Waals surface area contributed by atoms with Gasteiger partial charge in [-0.2, -0.15) is 13.2 Å². The minimum absolute atomic E-state index is 0. The second kappa shape index (κ2) is 10.5. The van der Waals surface area contributed by atoms with Gasteiger partial charge in [0.05, 0.1) is 10.5 Å². The van der Waals surface area contributed by atoms with Gasteiger partial charge in [0, 0.05) is 32.1 Å². The van der Waals surface area contributed by atoms with Crippen LogP contribution in [0.1, 0.15) is 24.8 Å². The number of nitro groups is 1. The number of hydrogen-bond acceptors (Lipinski definition) is 5. The number of carbonyl (C=O) groups excluding carboxylic acids is 1. The van der Waals surface area contributed by atoms with E-state index in [1.165, 1.54) is 0 Å². The highest BCUT2D eigenvalue weighted by Gasteiger charge is 2.33. The monoisotopic (exact) mass is 424 g/mol. The van der Waals surface area contributed by atoms with Gasteiger partial charge in [0.2, 0.25) is 5.91 Å². The number of halogens is 4. The molecule has 0 bridgehead atoms. The third-order valence-electron chi connectivity index (χ3n) is 4.54. The molecule has 28 heavy (non-hydrogen) atoms. The summed E-state index contributed by atoms with van der Waals surface area (Å²) in [6, 6.07) is 2.30. The van der Waals surface area contributed by atoms with E-state index >= 15 is 0 Å². The molecule has 1 aliphatic rings. The Kier molecular flexibility index (Phi) is 8.96. The third-order valence-corrected chi connectivity index (χ3v) is 4.54. The number of hydrogen-bond donors (Lipinski definition) is 2. The van der Waals surface area contributed by atoms with Crippen LogP contribution in [0.5, 0.6) is 0 Å². The summed E-state index contributed by atoms with van der Waals surface area (Å²) in [4.78, 5) is 24.3. The van der Waals surface area contributed by atoms with Crippen molar-refractivity contribution in [2.24, 2.45) is 5.92 Å². The first kappa shape index (κ1) is 24.0. The zero-order valence-corrected chi connectivity index (χ0v) is 16.2. The van der Waals surface area contributed by atoms with E-state index in [0.717, 1.165) is 31.5 Å². The Morgan fingerprint density at radius 1 is 1.39 bits per heavy atom. The minimum Gasteiger partial charge on any atom is -0.379 e. The Morgan fingerprint density at radius 2 is 2.11 bits per heavy atom. The maximum Gasteiger partial charge on any atom is 0.416 e. The van der Waals surface area contributed by atoms with E-state index in [0.29, 0.717) is 25.1 Å². The van der Waals surface area contributed by atoms with E-state index in [1.54, 1.807) is 4.90 Å². The van der Waals surface area contributed by atoms with Crippen LogP contribution in [0.3, 0.4) is 0 Å². The number of anilines is 1. The molecule has 1 heterocycles. The lowest BCUT2D eigenvalue weighted by molar-refractivity contribution is -0.384. The molecule has 0 spiro atoms. The number of alkyl halides is 3. The van der Waals surface area contributed by atoms with Gasteiger partial charge in [-0.05, 0) is 44.5 Å². The maximum atomic E-state index is 12.7. The van der Waals surface area contributed by atoms with Crippen molar-refractivity contribution in [1.29, 1.82) is 0 Å². The number of nitrogens with zero attached hydrogens (tertiary/aromatic N) is 2. The summed E-state index contributed by atoms with van der Waals surface area (Å²) in [5, 5.41) is 16.9. The van der Waals surface area contributed by atoms with Crippen LogP contribution in [-0.2, 0) is 11.0 Å². The molecular formula is C17H24ClF3N4O3. The number of nitrogens with one attached hydrogen (secondary N) is 2. The zero-order valence-electron chi connectivity index (χ0n) is 15.4. The van der Waals surface area contributed by atoms with Crippen molar-refractivity contribution in [3.8, 4) is 0 Å². The van der Waals surface area contributed by atoms with Crippen LogP contribution in [0.2, 0.25) is 0 Å². The fraction of sp³-hybridized carbons (Fsp3) is 0.588. The minimum atomic E-state index is -4.66. The molecule has 1 aliphatic heterocycles. The summed E-state index contributed by atoms with van der Waals surface area (Å²) in [7, 11) is 1.86. The normalized spacial score (nSPS) is 17.0. The zero-order chi connectivity index (χ0) is 20.0. The van der Waals surface area contributed by atoms with Crippen molar-refractivity contribution in [1.82, 2.24) is 10.2 Å². The molecule has 1 saturated heterocycles. The second-order valence-corrected chi connectivity index (χ2v) is 6.57. The van der Waals surface area contributed by atoms with Crippen LogP contribution in [0.25, 0.3) is 0 Å². The van der Waals surface area contributed by atoms with E-state index in [-0.39, 0.29) is 37.0 Å². The highest BCUT2D eigenvalue weighted by atomic mass is 35.5. The lowest BCUT2D eigenvalue weighted by atomic mass is 9.98.